The maximum absolute atomic E-state index is 13.9. The number of aliphatic carboxylic acids is 1. The second-order valence-electron chi connectivity index (χ2n) is 10.8. The van der Waals surface area contributed by atoms with Crippen molar-refractivity contribution in [2.75, 3.05) is 4.31 Å². The standard InChI is InChI=1S/C28H32BCl2NO6S/c1-6-7-8-25(26(33)34)32(39(35,36)24-16-21(30)15-22(31)17-24)23-12-10-18-13-20(11-9-19(18)14-23)29-37-27(2,3)28(4,5)38-29/h9-17,25H,6-8H2,1-5H3,(H,33,34). The largest absolute Gasteiger partial charge is 0.494 e. The molecular weight excluding hydrogens is 560 g/mol. The lowest BCUT2D eigenvalue weighted by Gasteiger charge is -2.32. The summed E-state index contributed by atoms with van der Waals surface area (Å²) in [4.78, 5) is 12.2. The van der Waals surface area contributed by atoms with E-state index in [9.17, 15) is 18.3 Å². The fourth-order valence-electron chi connectivity index (χ4n) is 4.53. The first-order chi connectivity index (χ1) is 18.2. The van der Waals surface area contributed by atoms with E-state index in [0.717, 1.165) is 20.5 Å². The van der Waals surface area contributed by atoms with Gasteiger partial charge >= 0.3 is 13.1 Å². The van der Waals surface area contributed by atoms with Crippen molar-refractivity contribution in [1.29, 1.82) is 0 Å². The first-order valence-corrected chi connectivity index (χ1v) is 15.0. The quantitative estimate of drug-likeness (QED) is 0.294. The topological polar surface area (TPSA) is 93.1 Å². The van der Waals surface area contributed by atoms with Gasteiger partial charge in [-0.2, -0.15) is 0 Å². The molecule has 1 saturated heterocycles. The van der Waals surface area contributed by atoms with Gasteiger partial charge < -0.3 is 14.4 Å². The minimum absolute atomic E-state index is 0.134. The monoisotopic (exact) mass is 591 g/mol. The number of unbranched alkanes of at least 4 members (excludes halogenated alkanes) is 1. The van der Waals surface area contributed by atoms with Crippen molar-refractivity contribution >= 4 is 68.2 Å². The Morgan fingerprint density at radius 1 is 0.949 bits per heavy atom. The van der Waals surface area contributed by atoms with E-state index in [2.05, 4.69) is 0 Å². The number of fused-ring (bicyclic) bond motifs is 1. The third-order valence-corrected chi connectivity index (χ3v) is 9.67. The van der Waals surface area contributed by atoms with Crippen molar-refractivity contribution in [3.8, 4) is 0 Å². The lowest BCUT2D eigenvalue weighted by Crippen LogP contribution is -2.45. The predicted molar refractivity (Wildman–Crippen MR) is 157 cm³/mol. The van der Waals surface area contributed by atoms with E-state index in [4.69, 9.17) is 32.5 Å². The van der Waals surface area contributed by atoms with Crippen molar-refractivity contribution in [3.63, 3.8) is 0 Å². The van der Waals surface area contributed by atoms with Gasteiger partial charge in [-0.3, -0.25) is 4.31 Å². The summed E-state index contributed by atoms with van der Waals surface area (Å²) in [6.45, 7) is 9.86. The van der Waals surface area contributed by atoms with Crippen molar-refractivity contribution in [2.45, 2.75) is 76.0 Å². The number of carbonyl (C=O) groups is 1. The summed E-state index contributed by atoms with van der Waals surface area (Å²) in [5, 5.41) is 12.0. The highest BCUT2D eigenvalue weighted by Gasteiger charge is 2.51. The Balaban J connectivity index is 1.80. The van der Waals surface area contributed by atoms with Gasteiger partial charge in [0.25, 0.3) is 10.0 Å². The summed E-state index contributed by atoms with van der Waals surface area (Å²) >= 11 is 12.2. The highest BCUT2D eigenvalue weighted by atomic mass is 35.5. The van der Waals surface area contributed by atoms with Gasteiger partial charge in [0.2, 0.25) is 0 Å². The van der Waals surface area contributed by atoms with Crippen LogP contribution in [0, 0.1) is 0 Å². The molecule has 3 aromatic carbocycles. The number of carboxylic acid groups (broad SMARTS) is 1. The second-order valence-corrected chi connectivity index (χ2v) is 13.5. The average molecular weight is 592 g/mol. The highest BCUT2D eigenvalue weighted by Crippen LogP contribution is 2.37. The number of hydrogen-bond acceptors (Lipinski definition) is 5. The minimum Gasteiger partial charge on any atom is -0.480 e. The molecule has 208 valence electrons. The summed E-state index contributed by atoms with van der Waals surface area (Å²) in [6, 6.07) is 13.3. The Morgan fingerprint density at radius 3 is 2.08 bits per heavy atom. The summed E-state index contributed by atoms with van der Waals surface area (Å²) in [5.74, 6) is -1.24. The van der Waals surface area contributed by atoms with E-state index < -0.39 is 40.4 Å². The van der Waals surface area contributed by atoms with E-state index in [0.29, 0.717) is 12.8 Å². The Kier molecular flexibility index (Phi) is 8.32. The zero-order chi connectivity index (χ0) is 28.8. The zero-order valence-electron chi connectivity index (χ0n) is 22.6. The normalized spacial score (nSPS) is 17.4. The molecule has 1 unspecified atom stereocenters. The SMILES string of the molecule is CCCCC(C(=O)O)N(c1ccc2cc(B3OC(C)(C)C(C)(C)O3)ccc2c1)S(=O)(=O)c1cc(Cl)cc(Cl)c1. The minimum atomic E-state index is -4.35. The van der Waals surface area contributed by atoms with Gasteiger partial charge in [0.15, 0.2) is 0 Å². The predicted octanol–water partition coefficient (Wildman–Crippen LogP) is 6.28. The Labute approximate surface area is 240 Å². The van der Waals surface area contributed by atoms with Crippen LogP contribution >= 0.6 is 23.2 Å². The number of halogens is 2. The Bertz CT molecular complexity index is 1470. The van der Waals surface area contributed by atoms with E-state index in [1.165, 1.54) is 18.2 Å². The third-order valence-electron chi connectivity index (χ3n) is 7.42. The Morgan fingerprint density at radius 2 is 1.51 bits per heavy atom. The first-order valence-electron chi connectivity index (χ1n) is 12.8. The molecule has 11 heteroatoms. The van der Waals surface area contributed by atoms with E-state index >= 15 is 0 Å². The van der Waals surface area contributed by atoms with Gasteiger partial charge in [-0.25, -0.2) is 13.2 Å². The van der Waals surface area contributed by atoms with Gasteiger partial charge in [-0.05, 0) is 80.7 Å². The molecule has 39 heavy (non-hydrogen) atoms. The van der Waals surface area contributed by atoms with Crippen molar-refractivity contribution in [3.05, 3.63) is 64.6 Å². The Hall–Kier alpha value is -2.30. The highest BCUT2D eigenvalue weighted by molar-refractivity contribution is 7.93. The first kappa shape index (κ1) is 29.7. The van der Waals surface area contributed by atoms with E-state index in [-0.39, 0.29) is 27.0 Å². The van der Waals surface area contributed by atoms with Gasteiger partial charge in [0.1, 0.15) is 6.04 Å². The summed E-state index contributed by atoms with van der Waals surface area (Å²) < 4.78 is 41.2. The molecule has 0 bridgehead atoms. The number of rotatable bonds is 9. The van der Waals surface area contributed by atoms with Crippen LogP contribution in [0.1, 0.15) is 53.9 Å². The van der Waals surface area contributed by atoms with E-state index in [1.54, 1.807) is 18.2 Å². The second kappa shape index (κ2) is 10.9. The van der Waals surface area contributed by atoms with Gasteiger partial charge in [0, 0.05) is 10.0 Å². The molecule has 0 saturated carbocycles. The molecule has 0 amide bonds. The van der Waals surface area contributed by atoms with Crippen LogP contribution in [-0.4, -0.2) is 43.9 Å². The van der Waals surface area contributed by atoms with Crippen molar-refractivity contribution in [1.82, 2.24) is 0 Å². The van der Waals surface area contributed by atoms with Crippen LogP contribution in [-0.2, 0) is 24.1 Å². The number of nitrogens with zero attached hydrogens (tertiary/aromatic N) is 1. The average Bonchev–Trinajstić information content (AvgIpc) is 3.06. The zero-order valence-corrected chi connectivity index (χ0v) is 24.9. The van der Waals surface area contributed by atoms with Gasteiger partial charge in [0.05, 0.1) is 21.8 Å². The van der Waals surface area contributed by atoms with Gasteiger partial charge in [-0.1, -0.05) is 67.2 Å². The molecule has 1 aliphatic rings. The fraction of sp³-hybridized carbons (Fsp3) is 0.393. The molecule has 4 rings (SSSR count). The summed E-state index contributed by atoms with van der Waals surface area (Å²) in [5.41, 5.74) is 0.0847. The molecule has 0 radical (unpaired) electrons. The number of hydrogen-bond donors (Lipinski definition) is 1. The molecule has 0 aliphatic carbocycles. The molecular formula is C28H32BCl2NO6S. The molecule has 1 atom stereocenters. The van der Waals surface area contributed by atoms with Crippen LogP contribution in [0.25, 0.3) is 10.8 Å². The smallest absolute Gasteiger partial charge is 0.480 e. The summed E-state index contributed by atoms with van der Waals surface area (Å²) in [6.07, 6.45) is 1.38. The van der Waals surface area contributed by atoms with Crippen LogP contribution in [0.5, 0.6) is 0 Å². The molecule has 3 aromatic rings. The van der Waals surface area contributed by atoms with Gasteiger partial charge in [-0.15, -0.1) is 0 Å². The van der Waals surface area contributed by atoms with Crippen molar-refractivity contribution in [2.24, 2.45) is 0 Å². The molecule has 1 heterocycles. The number of carboxylic acids is 1. The molecule has 1 aliphatic heterocycles. The molecule has 7 nitrogen and oxygen atoms in total. The molecule has 0 aromatic heterocycles. The number of benzene rings is 3. The van der Waals surface area contributed by atoms with Crippen LogP contribution in [0.15, 0.2) is 59.5 Å². The number of anilines is 1. The third kappa shape index (κ3) is 5.93. The maximum atomic E-state index is 13.9. The van der Waals surface area contributed by atoms with Crippen LogP contribution in [0.2, 0.25) is 10.0 Å². The molecule has 0 spiro atoms. The molecule has 1 N–H and O–H groups in total. The number of sulfonamides is 1. The van der Waals surface area contributed by atoms with Crippen LogP contribution in [0.4, 0.5) is 5.69 Å². The van der Waals surface area contributed by atoms with Crippen molar-refractivity contribution < 1.29 is 27.6 Å². The fourth-order valence-corrected chi connectivity index (χ4v) is 6.89. The lowest BCUT2D eigenvalue weighted by atomic mass is 9.78. The maximum Gasteiger partial charge on any atom is 0.494 e. The van der Waals surface area contributed by atoms with E-state index in [1.807, 2.05) is 52.8 Å². The van der Waals surface area contributed by atoms with Crippen LogP contribution in [0.3, 0.4) is 0 Å². The lowest BCUT2D eigenvalue weighted by molar-refractivity contribution is -0.138. The molecule has 1 fully saturated rings. The summed E-state index contributed by atoms with van der Waals surface area (Å²) in [7, 11) is -4.89. The van der Waals surface area contributed by atoms with Crippen LogP contribution < -0.4 is 9.77 Å².